The molecule has 0 aliphatic heterocycles. The molecule has 0 spiro atoms. The minimum atomic E-state index is -0.313. The van der Waals surface area contributed by atoms with E-state index < -0.39 is 0 Å². The Morgan fingerprint density at radius 3 is 2.56 bits per heavy atom. The lowest BCUT2D eigenvalue weighted by Gasteiger charge is -2.07. The lowest BCUT2D eigenvalue weighted by atomic mass is 10.0. The molecule has 1 unspecified atom stereocenters. The third kappa shape index (κ3) is 4.80. The first-order valence-corrected chi connectivity index (χ1v) is 6.38. The van der Waals surface area contributed by atoms with E-state index in [0.29, 0.717) is 6.42 Å². The largest absolute Gasteiger partial charge is 0.298 e. The first-order valence-electron chi connectivity index (χ1n) is 5.94. The molecule has 0 fully saturated rings. The van der Waals surface area contributed by atoms with Gasteiger partial charge in [0.25, 0.3) is 0 Å². The van der Waals surface area contributed by atoms with Crippen molar-refractivity contribution >= 4 is 17.4 Å². The van der Waals surface area contributed by atoms with Gasteiger partial charge in [-0.15, -0.1) is 11.6 Å². The number of carbonyl (C=O) groups is 1. The second-order valence-corrected chi connectivity index (χ2v) is 4.62. The maximum atomic E-state index is 11.8. The Morgan fingerprint density at radius 1 is 1.25 bits per heavy atom. The van der Waals surface area contributed by atoms with Crippen LogP contribution in [-0.2, 0) is 11.2 Å². The molecule has 1 aromatic rings. The summed E-state index contributed by atoms with van der Waals surface area (Å²) in [4.78, 5) is 11.8. The number of ketones is 1. The van der Waals surface area contributed by atoms with E-state index in [9.17, 15) is 4.79 Å². The molecule has 1 aromatic carbocycles. The number of hydrogen-bond donors (Lipinski definition) is 0. The van der Waals surface area contributed by atoms with Crippen molar-refractivity contribution in [1.29, 1.82) is 0 Å². The Labute approximate surface area is 103 Å². The van der Waals surface area contributed by atoms with Crippen LogP contribution >= 0.6 is 11.6 Å². The molecule has 0 saturated heterocycles. The SMILES string of the molecule is CCCCCC(Cl)C(=O)Cc1ccccc1. The lowest BCUT2D eigenvalue weighted by molar-refractivity contribution is -0.118. The molecule has 0 aromatic heterocycles. The number of rotatable bonds is 7. The standard InChI is InChI=1S/C14H19ClO/c1-2-3-5-10-13(15)14(16)11-12-8-6-4-7-9-12/h4,6-9,13H,2-3,5,10-11H2,1H3. The molecule has 16 heavy (non-hydrogen) atoms. The summed E-state index contributed by atoms with van der Waals surface area (Å²) in [5, 5.41) is -0.313. The maximum Gasteiger partial charge on any atom is 0.155 e. The Balaban J connectivity index is 2.34. The Hall–Kier alpha value is -0.820. The summed E-state index contributed by atoms with van der Waals surface area (Å²) in [6.07, 6.45) is 4.63. The van der Waals surface area contributed by atoms with Gasteiger partial charge in [-0.3, -0.25) is 4.79 Å². The van der Waals surface area contributed by atoms with Gasteiger partial charge in [0.2, 0.25) is 0 Å². The highest BCUT2D eigenvalue weighted by molar-refractivity contribution is 6.31. The minimum absolute atomic E-state index is 0.143. The molecule has 0 amide bonds. The number of hydrogen-bond acceptors (Lipinski definition) is 1. The fraction of sp³-hybridized carbons (Fsp3) is 0.500. The van der Waals surface area contributed by atoms with Crippen molar-refractivity contribution in [3.63, 3.8) is 0 Å². The Bertz CT molecular complexity index is 308. The molecule has 1 rings (SSSR count). The van der Waals surface area contributed by atoms with Crippen molar-refractivity contribution in [2.24, 2.45) is 0 Å². The second kappa shape index (κ2) is 7.45. The van der Waals surface area contributed by atoms with E-state index in [-0.39, 0.29) is 11.2 Å². The molecular formula is C14H19ClO. The monoisotopic (exact) mass is 238 g/mol. The van der Waals surface area contributed by atoms with Crippen LogP contribution in [-0.4, -0.2) is 11.2 Å². The highest BCUT2D eigenvalue weighted by atomic mass is 35.5. The predicted octanol–water partition coefficient (Wildman–Crippen LogP) is 3.99. The van der Waals surface area contributed by atoms with Crippen LogP contribution < -0.4 is 0 Å². The number of benzene rings is 1. The summed E-state index contributed by atoms with van der Waals surface area (Å²) in [7, 11) is 0. The fourth-order valence-corrected chi connectivity index (χ4v) is 1.87. The zero-order valence-corrected chi connectivity index (χ0v) is 10.5. The van der Waals surface area contributed by atoms with Crippen LogP contribution in [0.3, 0.4) is 0 Å². The molecule has 2 heteroatoms. The van der Waals surface area contributed by atoms with Gasteiger partial charge in [0.15, 0.2) is 5.78 Å². The Kier molecular flexibility index (Phi) is 6.17. The third-order valence-electron chi connectivity index (χ3n) is 2.63. The van der Waals surface area contributed by atoms with Crippen LogP contribution in [0.4, 0.5) is 0 Å². The quantitative estimate of drug-likeness (QED) is 0.519. The van der Waals surface area contributed by atoms with Crippen LogP contribution in [0.5, 0.6) is 0 Å². The first kappa shape index (κ1) is 13.2. The van der Waals surface area contributed by atoms with Crippen LogP contribution in [0, 0.1) is 0 Å². The normalized spacial score (nSPS) is 12.4. The smallest absolute Gasteiger partial charge is 0.155 e. The first-order chi connectivity index (χ1) is 7.74. The number of halogens is 1. The third-order valence-corrected chi connectivity index (χ3v) is 3.09. The topological polar surface area (TPSA) is 17.1 Å². The van der Waals surface area contributed by atoms with Crippen LogP contribution in [0.1, 0.15) is 38.2 Å². The predicted molar refractivity (Wildman–Crippen MR) is 68.9 cm³/mol. The highest BCUT2D eigenvalue weighted by Gasteiger charge is 2.14. The van der Waals surface area contributed by atoms with Gasteiger partial charge in [0.05, 0.1) is 5.38 Å². The van der Waals surface area contributed by atoms with Gasteiger partial charge in [0, 0.05) is 6.42 Å². The van der Waals surface area contributed by atoms with Crippen molar-refractivity contribution < 1.29 is 4.79 Å². The van der Waals surface area contributed by atoms with Gasteiger partial charge in [-0.05, 0) is 12.0 Å². The van der Waals surface area contributed by atoms with E-state index in [0.717, 1.165) is 31.2 Å². The average molecular weight is 239 g/mol. The number of carbonyl (C=O) groups excluding carboxylic acids is 1. The summed E-state index contributed by atoms with van der Waals surface area (Å²) in [5.41, 5.74) is 1.05. The molecule has 1 atom stereocenters. The molecule has 1 nitrogen and oxygen atoms in total. The summed E-state index contributed by atoms with van der Waals surface area (Å²) in [6.45, 7) is 2.15. The summed E-state index contributed by atoms with van der Waals surface area (Å²) in [6, 6.07) is 9.78. The molecule has 0 saturated carbocycles. The number of Topliss-reactive ketones (excluding diaryl/α,β-unsaturated/α-hetero) is 1. The molecule has 88 valence electrons. The number of unbranched alkanes of at least 4 members (excludes halogenated alkanes) is 2. The molecular weight excluding hydrogens is 220 g/mol. The van der Waals surface area contributed by atoms with Crippen molar-refractivity contribution in [3.05, 3.63) is 35.9 Å². The number of alkyl halides is 1. The van der Waals surface area contributed by atoms with Gasteiger partial charge >= 0.3 is 0 Å². The van der Waals surface area contributed by atoms with Crippen LogP contribution in [0.25, 0.3) is 0 Å². The molecule has 0 radical (unpaired) electrons. The zero-order chi connectivity index (χ0) is 11.8. The molecule has 0 N–H and O–H groups in total. The van der Waals surface area contributed by atoms with Crippen LogP contribution in [0.2, 0.25) is 0 Å². The van der Waals surface area contributed by atoms with E-state index in [1.165, 1.54) is 0 Å². The van der Waals surface area contributed by atoms with E-state index in [1.54, 1.807) is 0 Å². The van der Waals surface area contributed by atoms with Gasteiger partial charge in [-0.1, -0.05) is 56.5 Å². The maximum absolute atomic E-state index is 11.8. The molecule has 0 heterocycles. The van der Waals surface area contributed by atoms with E-state index in [2.05, 4.69) is 6.92 Å². The second-order valence-electron chi connectivity index (χ2n) is 4.09. The van der Waals surface area contributed by atoms with Gasteiger partial charge < -0.3 is 0 Å². The van der Waals surface area contributed by atoms with Crippen molar-refractivity contribution in [3.8, 4) is 0 Å². The summed E-state index contributed by atoms with van der Waals surface area (Å²) < 4.78 is 0. The Morgan fingerprint density at radius 2 is 1.94 bits per heavy atom. The summed E-state index contributed by atoms with van der Waals surface area (Å²) >= 11 is 6.07. The fourth-order valence-electron chi connectivity index (χ4n) is 1.64. The van der Waals surface area contributed by atoms with Crippen molar-refractivity contribution in [2.75, 3.05) is 0 Å². The molecule has 0 aliphatic rings. The average Bonchev–Trinajstić information content (AvgIpc) is 2.30. The van der Waals surface area contributed by atoms with E-state index >= 15 is 0 Å². The van der Waals surface area contributed by atoms with Gasteiger partial charge in [-0.25, -0.2) is 0 Å². The van der Waals surface area contributed by atoms with Crippen molar-refractivity contribution in [1.82, 2.24) is 0 Å². The van der Waals surface area contributed by atoms with Gasteiger partial charge in [0.1, 0.15) is 0 Å². The minimum Gasteiger partial charge on any atom is -0.298 e. The van der Waals surface area contributed by atoms with Crippen LogP contribution in [0.15, 0.2) is 30.3 Å². The summed E-state index contributed by atoms with van der Waals surface area (Å²) in [5.74, 6) is 0.143. The lowest BCUT2D eigenvalue weighted by Crippen LogP contribution is -2.16. The van der Waals surface area contributed by atoms with E-state index in [1.807, 2.05) is 30.3 Å². The molecule has 0 bridgehead atoms. The van der Waals surface area contributed by atoms with Crippen molar-refractivity contribution in [2.45, 2.75) is 44.4 Å². The molecule has 0 aliphatic carbocycles. The zero-order valence-electron chi connectivity index (χ0n) is 9.79. The highest BCUT2D eigenvalue weighted by Crippen LogP contribution is 2.13. The van der Waals surface area contributed by atoms with Gasteiger partial charge in [-0.2, -0.15) is 0 Å². The van der Waals surface area contributed by atoms with E-state index in [4.69, 9.17) is 11.6 Å².